The lowest BCUT2D eigenvalue weighted by Gasteiger charge is -2.28. The summed E-state index contributed by atoms with van der Waals surface area (Å²) >= 11 is 3.50. The number of carbonyl (C=O) groups is 1. The quantitative estimate of drug-likeness (QED) is 0.0358. The molecule has 0 aromatic heterocycles. The molecule has 0 radical (unpaired) electrons. The topological polar surface area (TPSA) is 26.3 Å². The molecule has 0 N–H and O–H groups in total. The van der Waals surface area contributed by atoms with Crippen LogP contribution in [0.3, 0.4) is 0 Å². The highest BCUT2D eigenvalue weighted by Gasteiger charge is 2.25. The van der Waals surface area contributed by atoms with Gasteiger partial charge in [-0.1, -0.05) is 120 Å². The fourth-order valence-electron chi connectivity index (χ4n) is 5.46. The monoisotopic (exact) mass is 624 g/mol. The standard InChI is InChI=1S/C37H69BrO2/c1-6-8-10-12-14-16-18-20-27-35(28-21-19-17-15-13-11-9-7-2)36(40-37(39)29-22-23-32-38)31-30-34(5)26-24-25-33(3)4/h14-17,33-36H,6-13,18-32H2,1-5H3. The van der Waals surface area contributed by atoms with Gasteiger partial charge in [0.2, 0.25) is 0 Å². The van der Waals surface area contributed by atoms with E-state index in [0.717, 1.165) is 43.4 Å². The molecule has 236 valence electrons. The molecule has 0 fully saturated rings. The maximum absolute atomic E-state index is 12.9. The third-order valence-corrected chi connectivity index (χ3v) is 8.73. The zero-order valence-electron chi connectivity index (χ0n) is 27.6. The van der Waals surface area contributed by atoms with Gasteiger partial charge in [0.1, 0.15) is 6.10 Å². The molecule has 0 amide bonds. The molecular formula is C37H69BrO2. The van der Waals surface area contributed by atoms with Gasteiger partial charge in [0.15, 0.2) is 0 Å². The van der Waals surface area contributed by atoms with Gasteiger partial charge >= 0.3 is 5.97 Å². The van der Waals surface area contributed by atoms with E-state index in [1.807, 2.05) is 0 Å². The zero-order chi connectivity index (χ0) is 29.7. The van der Waals surface area contributed by atoms with Crippen molar-refractivity contribution in [2.24, 2.45) is 17.8 Å². The van der Waals surface area contributed by atoms with Gasteiger partial charge in [0.05, 0.1) is 0 Å². The average molecular weight is 626 g/mol. The minimum Gasteiger partial charge on any atom is -0.462 e. The van der Waals surface area contributed by atoms with E-state index < -0.39 is 0 Å². The van der Waals surface area contributed by atoms with E-state index in [4.69, 9.17) is 4.74 Å². The predicted molar refractivity (Wildman–Crippen MR) is 182 cm³/mol. The molecule has 2 nitrogen and oxygen atoms in total. The van der Waals surface area contributed by atoms with Gasteiger partial charge in [-0.05, 0) is 108 Å². The number of hydrogen-bond acceptors (Lipinski definition) is 2. The molecule has 40 heavy (non-hydrogen) atoms. The van der Waals surface area contributed by atoms with Crippen LogP contribution in [0.1, 0.15) is 176 Å². The maximum atomic E-state index is 12.9. The van der Waals surface area contributed by atoms with Gasteiger partial charge in [-0.25, -0.2) is 0 Å². The van der Waals surface area contributed by atoms with Crippen molar-refractivity contribution in [2.75, 3.05) is 5.33 Å². The van der Waals surface area contributed by atoms with Crippen molar-refractivity contribution < 1.29 is 9.53 Å². The van der Waals surface area contributed by atoms with Crippen LogP contribution in [0.4, 0.5) is 0 Å². The minimum atomic E-state index is 0.0232. The highest BCUT2D eigenvalue weighted by Crippen LogP contribution is 2.29. The largest absolute Gasteiger partial charge is 0.462 e. The fraction of sp³-hybridized carbons (Fsp3) is 0.865. The second kappa shape index (κ2) is 29.9. The Bertz CT molecular complexity index is 571. The smallest absolute Gasteiger partial charge is 0.306 e. The average Bonchev–Trinajstić information content (AvgIpc) is 2.92. The normalized spacial score (nSPS) is 14.4. The first-order valence-electron chi connectivity index (χ1n) is 17.5. The fourth-order valence-corrected chi connectivity index (χ4v) is 5.85. The van der Waals surface area contributed by atoms with Crippen molar-refractivity contribution >= 4 is 21.9 Å². The number of ether oxygens (including phenoxy) is 1. The summed E-state index contributed by atoms with van der Waals surface area (Å²) in [6.07, 6.45) is 35.6. The lowest BCUT2D eigenvalue weighted by atomic mass is 9.85. The Morgan fingerprint density at radius 1 is 0.625 bits per heavy atom. The van der Waals surface area contributed by atoms with Gasteiger partial charge in [-0.3, -0.25) is 4.79 Å². The van der Waals surface area contributed by atoms with Crippen molar-refractivity contribution in [3.05, 3.63) is 24.3 Å². The molecule has 0 heterocycles. The number of esters is 1. The van der Waals surface area contributed by atoms with Gasteiger partial charge in [-0.2, -0.15) is 0 Å². The summed E-state index contributed by atoms with van der Waals surface area (Å²) < 4.78 is 6.31. The first-order chi connectivity index (χ1) is 19.4. The van der Waals surface area contributed by atoms with Crippen LogP contribution in [-0.4, -0.2) is 17.4 Å². The third-order valence-electron chi connectivity index (χ3n) is 8.17. The summed E-state index contributed by atoms with van der Waals surface area (Å²) in [5.74, 6) is 1.98. The van der Waals surface area contributed by atoms with Crippen LogP contribution in [-0.2, 0) is 9.53 Å². The lowest BCUT2D eigenvalue weighted by Crippen LogP contribution is -2.28. The first kappa shape index (κ1) is 39.4. The molecule has 0 rings (SSSR count). The predicted octanol–water partition coefficient (Wildman–Crippen LogP) is 12.9. The van der Waals surface area contributed by atoms with Crippen LogP contribution in [0.5, 0.6) is 0 Å². The number of carbonyl (C=O) groups excluding carboxylic acids is 1. The third kappa shape index (κ3) is 26.3. The van der Waals surface area contributed by atoms with E-state index in [2.05, 4.69) is 74.9 Å². The summed E-state index contributed by atoms with van der Waals surface area (Å²) in [5.41, 5.74) is 0. The second-order valence-electron chi connectivity index (χ2n) is 12.7. The molecule has 0 spiro atoms. The maximum Gasteiger partial charge on any atom is 0.306 e. The number of halogens is 1. The van der Waals surface area contributed by atoms with E-state index in [-0.39, 0.29) is 12.1 Å². The SMILES string of the molecule is CCCCCC=CCCCC(CCCC=CCCCCC)C(CCC(C)CCCC(C)C)OC(=O)CCCCBr. The number of hydrogen-bond donors (Lipinski definition) is 0. The van der Waals surface area contributed by atoms with Gasteiger partial charge in [-0.15, -0.1) is 0 Å². The molecule has 0 aliphatic carbocycles. The Labute approximate surface area is 260 Å². The summed E-state index contributed by atoms with van der Waals surface area (Å²) in [4.78, 5) is 12.9. The second-order valence-corrected chi connectivity index (χ2v) is 13.5. The van der Waals surface area contributed by atoms with E-state index in [1.54, 1.807) is 0 Å². The molecule has 0 aliphatic rings. The summed E-state index contributed by atoms with van der Waals surface area (Å²) in [7, 11) is 0. The van der Waals surface area contributed by atoms with Crippen molar-refractivity contribution in [1.29, 1.82) is 0 Å². The van der Waals surface area contributed by atoms with Crippen LogP contribution in [0.25, 0.3) is 0 Å². The minimum absolute atomic E-state index is 0.0232. The Morgan fingerprint density at radius 2 is 1.18 bits per heavy atom. The van der Waals surface area contributed by atoms with Crippen LogP contribution in [0.2, 0.25) is 0 Å². The van der Waals surface area contributed by atoms with Crippen molar-refractivity contribution in [3.63, 3.8) is 0 Å². The molecule has 2 atom stereocenters. The molecule has 0 saturated heterocycles. The van der Waals surface area contributed by atoms with E-state index in [9.17, 15) is 4.79 Å². The molecule has 0 aromatic carbocycles. The Hall–Kier alpha value is -0.570. The summed E-state index contributed by atoms with van der Waals surface area (Å²) in [5, 5.41) is 0.956. The summed E-state index contributed by atoms with van der Waals surface area (Å²) in [6, 6.07) is 0. The van der Waals surface area contributed by atoms with Gasteiger partial charge in [0.25, 0.3) is 0 Å². The van der Waals surface area contributed by atoms with Crippen LogP contribution >= 0.6 is 15.9 Å². The van der Waals surface area contributed by atoms with E-state index in [1.165, 1.54) is 103 Å². The summed E-state index contributed by atoms with van der Waals surface area (Å²) in [6.45, 7) is 11.6. The van der Waals surface area contributed by atoms with Gasteiger partial charge < -0.3 is 4.74 Å². The highest BCUT2D eigenvalue weighted by molar-refractivity contribution is 9.09. The van der Waals surface area contributed by atoms with Crippen LogP contribution in [0, 0.1) is 17.8 Å². The number of alkyl halides is 1. The Morgan fingerprint density at radius 3 is 1.68 bits per heavy atom. The number of rotatable bonds is 29. The van der Waals surface area contributed by atoms with E-state index in [0.29, 0.717) is 18.3 Å². The molecule has 0 aliphatic heterocycles. The first-order valence-corrected chi connectivity index (χ1v) is 18.6. The Balaban J connectivity index is 5.16. The molecule has 3 heteroatoms. The Kier molecular flexibility index (Phi) is 29.5. The van der Waals surface area contributed by atoms with Crippen molar-refractivity contribution in [3.8, 4) is 0 Å². The van der Waals surface area contributed by atoms with E-state index >= 15 is 0 Å². The molecule has 0 aromatic rings. The van der Waals surface area contributed by atoms with Crippen LogP contribution in [0.15, 0.2) is 24.3 Å². The van der Waals surface area contributed by atoms with Gasteiger partial charge in [0, 0.05) is 11.8 Å². The molecule has 0 saturated carbocycles. The highest BCUT2D eigenvalue weighted by atomic mass is 79.9. The zero-order valence-corrected chi connectivity index (χ0v) is 29.2. The number of allylic oxidation sites excluding steroid dienone is 4. The number of unbranched alkanes of at least 4 members (excludes halogenated alkanes) is 9. The molecule has 2 unspecified atom stereocenters. The molecular weight excluding hydrogens is 556 g/mol. The van der Waals surface area contributed by atoms with Crippen molar-refractivity contribution in [2.45, 2.75) is 182 Å². The molecule has 0 bridgehead atoms. The van der Waals surface area contributed by atoms with Crippen molar-refractivity contribution in [1.82, 2.24) is 0 Å². The van der Waals surface area contributed by atoms with Crippen LogP contribution < -0.4 is 0 Å². The lowest BCUT2D eigenvalue weighted by molar-refractivity contribution is -0.153.